The van der Waals surface area contributed by atoms with Crippen LogP contribution in [0.4, 0.5) is 11.8 Å². The molecule has 35 heavy (non-hydrogen) atoms. The molecule has 1 aromatic carbocycles. The number of nitrogen functional groups attached to an aromatic ring is 1. The molecule has 5 rings (SSSR count). The van der Waals surface area contributed by atoms with Crippen LogP contribution in [0.2, 0.25) is 0 Å². The van der Waals surface area contributed by atoms with E-state index in [4.69, 9.17) is 14.7 Å². The molecule has 3 aromatic rings. The molecule has 2 aromatic heterocycles. The normalized spacial score (nSPS) is 26.6. The number of imidazole rings is 1. The van der Waals surface area contributed by atoms with Gasteiger partial charge in [-0.25, -0.2) is 19.7 Å². The van der Waals surface area contributed by atoms with Gasteiger partial charge in [0, 0.05) is 6.54 Å². The highest BCUT2D eigenvalue weighted by Crippen LogP contribution is 2.35. The van der Waals surface area contributed by atoms with E-state index in [0.29, 0.717) is 5.56 Å². The van der Waals surface area contributed by atoms with Gasteiger partial charge in [-0.05, 0) is 18.1 Å². The van der Waals surface area contributed by atoms with Crippen LogP contribution in [-0.2, 0) is 25.6 Å². The zero-order valence-corrected chi connectivity index (χ0v) is 18.7. The van der Waals surface area contributed by atoms with Crippen LogP contribution >= 0.6 is 0 Å². The number of aliphatic hydroxyl groups excluding tert-OH is 2. The predicted molar refractivity (Wildman–Crippen MR) is 118 cm³/mol. The van der Waals surface area contributed by atoms with Crippen molar-refractivity contribution in [2.75, 3.05) is 24.2 Å². The first-order valence-corrected chi connectivity index (χ1v) is 11.8. The fourth-order valence-electron chi connectivity index (χ4n) is 4.09. The SMILES string of the molecule is Nc1ncnc2c1nc1n2[C@@H]2O[C@H](COS(=O)(=O)NC(=O)c3c(O)cccc3CCN1)[C@@H](O)[C@H]2O. The minimum absolute atomic E-state index is 0.0668. The molecule has 4 heterocycles. The number of anilines is 2. The van der Waals surface area contributed by atoms with E-state index >= 15 is 0 Å². The number of benzene rings is 1. The molecule has 7 N–H and O–H groups in total. The quantitative estimate of drug-likeness (QED) is 0.202. The maximum Gasteiger partial charge on any atom is 0.362 e. The molecule has 1 amide bonds. The van der Waals surface area contributed by atoms with Gasteiger partial charge < -0.3 is 31.1 Å². The minimum Gasteiger partial charge on any atom is -0.507 e. The molecule has 1 fully saturated rings. The average molecular weight is 507 g/mol. The van der Waals surface area contributed by atoms with Crippen molar-refractivity contribution in [3.05, 3.63) is 35.7 Å². The molecule has 2 aliphatic rings. The Bertz CT molecular complexity index is 1410. The Morgan fingerprint density at radius 2 is 2.00 bits per heavy atom. The van der Waals surface area contributed by atoms with E-state index in [0.717, 1.165) is 0 Å². The number of phenolic OH excluding ortho intramolecular Hbond substituents is 1. The van der Waals surface area contributed by atoms with Crippen LogP contribution in [0.25, 0.3) is 11.2 Å². The van der Waals surface area contributed by atoms with E-state index < -0.39 is 53.1 Å². The number of fused-ring (bicyclic) bond motifs is 7. The molecule has 2 aliphatic heterocycles. The van der Waals surface area contributed by atoms with Crippen molar-refractivity contribution in [1.82, 2.24) is 24.2 Å². The lowest BCUT2D eigenvalue weighted by Crippen LogP contribution is -2.38. The van der Waals surface area contributed by atoms with Gasteiger partial charge in [0.1, 0.15) is 30.4 Å². The predicted octanol–water partition coefficient (Wildman–Crippen LogP) is -1.61. The van der Waals surface area contributed by atoms with Gasteiger partial charge in [-0.2, -0.15) is 8.42 Å². The summed E-state index contributed by atoms with van der Waals surface area (Å²) >= 11 is 0. The Kier molecular flexibility index (Phi) is 5.68. The lowest BCUT2D eigenvalue weighted by Gasteiger charge is -2.19. The molecule has 1 saturated heterocycles. The number of carbonyl (C=O) groups excluding carboxylic acids is 1. The third-order valence-corrected chi connectivity index (χ3v) is 6.62. The first kappa shape index (κ1) is 23.2. The number of rotatable bonds is 0. The number of aromatic hydroxyl groups is 1. The van der Waals surface area contributed by atoms with E-state index in [9.17, 15) is 28.5 Å². The number of aromatic nitrogens is 4. The van der Waals surface area contributed by atoms with Gasteiger partial charge >= 0.3 is 10.3 Å². The fourth-order valence-corrected chi connectivity index (χ4v) is 4.79. The third kappa shape index (κ3) is 4.10. The summed E-state index contributed by atoms with van der Waals surface area (Å²) < 4.78 is 38.4. The summed E-state index contributed by atoms with van der Waals surface area (Å²) in [5.41, 5.74) is 6.44. The van der Waals surface area contributed by atoms with Crippen LogP contribution in [0.1, 0.15) is 22.1 Å². The van der Waals surface area contributed by atoms with Crippen molar-refractivity contribution < 1.29 is 37.5 Å². The molecule has 186 valence electrons. The van der Waals surface area contributed by atoms with Crippen LogP contribution in [0.5, 0.6) is 5.75 Å². The summed E-state index contributed by atoms with van der Waals surface area (Å²) in [5.74, 6) is -1.29. The number of phenols is 1. The van der Waals surface area contributed by atoms with Crippen molar-refractivity contribution in [3.63, 3.8) is 0 Å². The summed E-state index contributed by atoms with van der Waals surface area (Å²) in [7, 11) is -4.66. The monoisotopic (exact) mass is 507 g/mol. The Morgan fingerprint density at radius 1 is 1.20 bits per heavy atom. The summed E-state index contributed by atoms with van der Waals surface area (Å²) in [6.07, 6.45) is -4.24. The number of hydrogen-bond acceptors (Lipinski definition) is 13. The standard InChI is InChI=1S/C19H21N7O8S/c20-15-12-16(23-7-22-15)26-18-14(29)13(28)10(34-18)6-33-35(31,32)25-17(30)11-8(2-1-3-9(11)27)4-5-21-19(26)24-12/h1-3,7,10,13-14,18,27-29H,4-6H2,(H,21,24)(H,25,30)(H2,20,22,23)/t10-,13-,14-,18-/m1/s1. The molecule has 0 saturated carbocycles. The average Bonchev–Trinajstić information content (AvgIpc) is 3.29. The van der Waals surface area contributed by atoms with E-state index in [1.165, 1.54) is 23.0 Å². The van der Waals surface area contributed by atoms with Gasteiger partial charge in [-0.1, -0.05) is 12.1 Å². The second-order valence-corrected chi connectivity index (χ2v) is 9.29. The molecule has 16 heteroatoms. The van der Waals surface area contributed by atoms with Gasteiger partial charge in [0.05, 0.1) is 12.2 Å². The van der Waals surface area contributed by atoms with E-state index in [2.05, 4.69) is 20.3 Å². The third-order valence-electron chi connectivity index (χ3n) is 5.74. The molecule has 0 unspecified atom stereocenters. The van der Waals surface area contributed by atoms with Gasteiger partial charge in [0.25, 0.3) is 5.91 Å². The van der Waals surface area contributed by atoms with Crippen molar-refractivity contribution in [2.24, 2.45) is 0 Å². The molecular formula is C19H21N7O8S. The number of nitrogens with zero attached hydrogens (tertiary/aromatic N) is 4. The number of ether oxygens (including phenoxy) is 1. The summed E-state index contributed by atoms with van der Waals surface area (Å²) in [4.78, 5) is 25.2. The number of carbonyl (C=O) groups is 1. The maximum absolute atomic E-state index is 12.7. The number of nitrogens with one attached hydrogen (secondary N) is 2. The summed E-state index contributed by atoms with van der Waals surface area (Å²) in [5, 5.41) is 34.5. The summed E-state index contributed by atoms with van der Waals surface area (Å²) in [6.45, 7) is -0.573. The van der Waals surface area contributed by atoms with Crippen molar-refractivity contribution >= 4 is 39.1 Å². The highest BCUT2D eigenvalue weighted by atomic mass is 32.2. The lowest BCUT2D eigenvalue weighted by molar-refractivity contribution is -0.0458. The first-order valence-electron chi connectivity index (χ1n) is 10.4. The highest BCUT2D eigenvalue weighted by molar-refractivity contribution is 7.85. The Labute approximate surface area is 197 Å². The number of amides is 1. The molecule has 0 spiro atoms. The highest BCUT2D eigenvalue weighted by Gasteiger charge is 2.46. The second kappa shape index (κ2) is 8.58. The second-order valence-electron chi connectivity index (χ2n) is 7.94. The smallest absolute Gasteiger partial charge is 0.362 e. The van der Waals surface area contributed by atoms with E-state index in [-0.39, 0.29) is 41.5 Å². The molecule has 0 aliphatic carbocycles. The molecule has 0 radical (unpaired) electrons. The first-order chi connectivity index (χ1) is 16.7. The van der Waals surface area contributed by atoms with Crippen LogP contribution in [0.15, 0.2) is 24.5 Å². The molecular weight excluding hydrogens is 486 g/mol. The lowest BCUT2D eigenvalue weighted by atomic mass is 10.0. The van der Waals surface area contributed by atoms with Crippen molar-refractivity contribution in [3.8, 4) is 5.75 Å². The van der Waals surface area contributed by atoms with E-state index in [1.807, 2.05) is 0 Å². The Hall–Kier alpha value is -3.57. The Morgan fingerprint density at radius 3 is 2.80 bits per heavy atom. The van der Waals surface area contributed by atoms with Crippen molar-refractivity contribution in [2.45, 2.75) is 31.0 Å². The van der Waals surface area contributed by atoms with Gasteiger partial charge in [0.2, 0.25) is 5.95 Å². The van der Waals surface area contributed by atoms with Gasteiger partial charge in [-0.3, -0.25) is 13.5 Å². The zero-order valence-electron chi connectivity index (χ0n) is 17.9. The van der Waals surface area contributed by atoms with E-state index in [1.54, 1.807) is 10.8 Å². The maximum atomic E-state index is 12.7. The van der Waals surface area contributed by atoms with Crippen LogP contribution in [0.3, 0.4) is 0 Å². The summed E-state index contributed by atoms with van der Waals surface area (Å²) in [6, 6.07) is 4.31. The number of aliphatic hydroxyl groups is 2. The number of hydrogen-bond donors (Lipinski definition) is 6. The molecule has 2 bridgehead atoms. The van der Waals surface area contributed by atoms with Crippen molar-refractivity contribution in [1.29, 1.82) is 0 Å². The number of nitrogens with two attached hydrogens (primary N) is 1. The van der Waals surface area contributed by atoms with Crippen LogP contribution < -0.4 is 15.8 Å². The Balaban J connectivity index is 1.61. The van der Waals surface area contributed by atoms with Crippen LogP contribution in [0, 0.1) is 0 Å². The molecule has 4 atom stereocenters. The van der Waals surface area contributed by atoms with Crippen LogP contribution in [-0.4, -0.2) is 80.6 Å². The molecule has 15 nitrogen and oxygen atoms in total. The fraction of sp³-hybridized carbons (Fsp3) is 0.368. The minimum atomic E-state index is -4.66. The zero-order chi connectivity index (χ0) is 24.9. The largest absolute Gasteiger partial charge is 0.507 e. The van der Waals surface area contributed by atoms with Gasteiger partial charge in [-0.15, -0.1) is 0 Å². The van der Waals surface area contributed by atoms with Gasteiger partial charge in [0.15, 0.2) is 23.2 Å². The topological polar surface area (TPSA) is 224 Å².